The average Bonchev–Trinajstić information content (AvgIpc) is 3.31. The lowest BCUT2D eigenvalue weighted by atomic mass is 9.84. The number of carbonyl (C=O) groups excluding carboxylic acids is 3. The quantitative estimate of drug-likeness (QED) is 0.445. The maximum absolute atomic E-state index is 12.8. The highest BCUT2D eigenvalue weighted by Crippen LogP contribution is 2.33. The van der Waals surface area contributed by atoms with Crippen molar-refractivity contribution in [2.45, 2.75) is 43.2 Å². The van der Waals surface area contributed by atoms with Gasteiger partial charge in [0.2, 0.25) is 11.8 Å². The van der Waals surface area contributed by atoms with Crippen molar-refractivity contribution in [2.75, 3.05) is 11.1 Å². The van der Waals surface area contributed by atoms with Crippen molar-refractivity contribution in [3.63, 3.8) is 0 Å². The van der Waals surface area contributed by atoms with Gasteiger partial charge in [-0.05, 0) is 31.0 Å². The first-order chi connectivity index (χ1) is 15.6. The topological polar surface area (TPSA) is 102 Å². The van der Waals surface area contributed by atoms with Gasteiger partial charge >= 0.3 is 0 Å². The second kappa shape index (κ2) is 8.70. The van der Waals surface area contributed by atoms with Gasteiger partial charge in [0.05, 0.1) is 5.75 Å². The van der Waals surface area contributed by atoms with Crippen LogP contribution >= 0.6 is 11.8 Å². The van der Waals surface area contributed by atoms with Gasteiger partial charge in [0.15, 0.2) is 11.6 Å². The van der Waals surface area contributed by atoms with E-state index in [1.807, 2.05) is 0 Å². The molecule has 0 bridgehead atoms. The van der Waals surface area contributed by atoms with E-state index >= 15 is 0 Å². The van der Waals surface area contributed by atoms with Gasteiger partial charge in [0.1, 0.15) is 0 Å². The predicted molar refractivity (Wildman–Crippen MR) is 119 cm³/mol. The number of amides is 1. The Morgan fingerprint density at radius 1 is 0.938 bits per heavy atom. The molecule has 2 aromatic carbocycles. The molecule has 1 amide bonds. The molecule has 1 saturated carbocycles. The largest absolute Gasteiger partial charge is 0.416 e. The van der Waals surface area contributed by atoms with Crippen molar-refractivity contribution < 1.29 is 18.8 Å². The van der Waals surface area contributed by atoms with E-state index in [0.29, 0.717) is 45.0 Å². The summed E-state index contributed by atoms with van der Waals surface area (Å²) in [7, 11) is 0. The number of ketones is 2. The number of thioether (sulfide) groups is 1. The number of nitrogens with zero attached hydrogens (tertiary/aromatic N) is 2. The Kier molecular flexibility index (Phi) is 5.61. The summed E-state index contributed by atoms with van der Waals surface area (Å²) in [5, 5.41) is 11.4. The SMILES string of the molecule is O=C(CSc1nnc(C2CCCCC2)o1)Nc1ccc2c(c1)C(=O)c1ccccc1C2=O. The number of hydrogen-bond acceptors (Lipinski definition) is 7. The molecule has 1 fully saturated rings. The molecule has 1 aromatic heterocycles. The van der Waals surface area contributed by atoms with E-state index in [1.54, 1.807) is 42.5 Å². The third kappa shape index (κ3) is 3.98. The van der Waals surface area contributed by atoms with E-state index in [4.69, 9.17) is 4.42 Å². The lowest BCUT2D eigenvalue weighted by Crippen LogP contribution is -2.21. The minimum absolute atomic E-state index is 0.0963. The summed E-state index contributed by atoms with van der Waals surface area (Å²) < 4.78 is 5.74. The number of carbonyl (C=O) groups is 3. The van der Waals surface area contributed by atoms with Gasteiger partial charge in [-0.1, -0.05) is 55.3 Å². The van der Waals surface area contributed by atoms with Crippen LogP contribution in [0.25, 0.3) is 0 Å². The first-order valence-corrected chi connectivity index (χ1v) is 11.7. The third-order valence-electron chi connectivity index (χ3n) is 5.91. The predicted octanol–water partition coefficient (Wildman–Crippen LogP) is 4.62. The van der Waals surface area contributed by atoms with Crippen LogP contribution in [0.5, 0.6) is 0 Å². The molecule has 1 heterocycles. The molecular formula is C24H21N3O4S. The fourth-order valence-corrected chi connectivity index (χ4v) is 4.86. The van der Waals surface area contributed by atoms with Gasteiger partial charge in [-0.3, -0.25) is 14.4 Å². The lowest BCUT2D eigenvalue weighted by molar-refractivity contribution is -0.113. The van der Waals surface area contributed by atoms with Crippen LogP contribution in [-0.2, 0) is 4.79 Å². The maximum Gasteiger partial charge on any atom is 0.277 e. The van der Waals surface area contributed by atoms with Crippen LogP contribution in [0.15, 0.2) is 52.1 Å². The van der Waals surface area contributed by atoms with Crippen molar-refractivity contribution >= 4 is 34.9 Å². The Labute approximate surface area is 189 Å². The summed E-state index contributed by atoms with van der Waals surface area (Å²) in [6.07, 6.45) is 5.74. The highest BCUT2D eigenvalue weighted by molar-refractivity contribution is 7.99. The first-order valence-electron chi connectivity index (χ1n) is 10.7. The van der Waals surface area contributed by atoms with E-state index in [9.17, 15) is 14.4 Å². The summed E-state index contributed by atoms with van der Waals surface area (Å²) in [5.41, 5.74) is 1.90. The van der Waals surface area contributed by atoms with Crippen LogP contribution < -0.4 is 5.32 Å². The van der Waals surface area contributed by atoms with Gasteiger partial charge in [0.25, 0.3) is 5.22 Å². The zero-order valence-electron chi connectivity index (χ0n) is 17.3. The number of hydrogen-bond donors (Lipinski definition) is 1. The standard InChI is InChI=1S/C24H21N3O4S/c28-20(13-32-24-27-26-23(31-24)14-6-2-1-3-7-14)25-15-10-11-18-19(12-15)22(30)17-9-5-4-8-16(17)21(18)29/h4-5,8-12,14H,1-3,6-7,13H2,(H,25,28). The highest BCUT2D eigenvalue weighted by atomic mass is 32.2. The Balaban J connectivity index is 1.23. The zero-order chi connectivity index (χ0) is 22.1. The van der Waals surface area contributed by atoms with Crippen LogP contribution in [0.2, 0.25) is 0 Å². The van der Waals surface area contributed by atoms with Gasteiger partial charge in [-0.2, -0.15) is 0 Å². The van der Waals surface area contributed by atoms with Crippen molar-refractivity contribution in [1.82, 2.24) is 10.2 Å². The van der Waals surface area contributed by atoms with Crippen molar-refractivity contribution in [3.8, 4) is 0 Å². The minimum Gasteiger partial charge on any atom is -0.416 e. The smallest absolute Gasteiger partial charge is 0.277 e. The number of fused-ring (bicyclic) bond motifs is 2. The molecule has 0 radical (unpaired) electrons. The van der Waals surface area contributed by atoms with Crippen LogP contribution in [0.1, 0.15) is 75.8 Å². The molecule has 1 N–H and O–H groups in total. The molecule has 8 heteroatoms. The normalized spacial score (nSPS) is 15.9. The fourth-order valence-electron chi connectivity index (χ4n) is 4.29. The fraction of sp³-hybridized carbons (Fsp3) is 0.292. The molecular weight excluding hydrogens is 426 g/mol. The van der Waals surface area contributed by atoms with Crippen LogP contribution in [0.4, 0.5) is 5.69 Å². The molecule has 2 aliphatic rings. The van der Waals surface area contributed by atoms with E-state index in [-0.39, 0.29) is 23.2 Å². The molecule has 7 nitrogen and oxygen atoms in total. The van der Waals surface area contributed by atoms with Gasteiger partial charge in [0, 0.05) is 33.9 Å². The van der Waals surface area contributed by atoms with Crippen molar-refractivity contribution in [1.29, 1.82) is 0 Å². The van der Waals surface area contributed by atoms with Gasteiger partial charge in [-0.15, -0.1) is 10.2 Å². The van der Waals surface area contributed by atoms with Crippen LogP contribution in [-0.4, -0.2) is 33.4 Å². The molecule has 3 aromatic rings. The van der Waals surface area contributed by atoms with E-state index in [2.05, 4.69) is 15.5 Å². The molecule has 0 aliphatic heterocycles. The monoisotopic (exact) mass is 447 g/mol. The molecule has 0 unspecified atom stereocenters. The number of rotatable bonds is 5. The highest BCUT2D eigenvalue weighted by Gasteiger charge is 2.29. The zero-order valence-corrected chi connectivity index (χ0v) is 18.1. The molecule has 0 spiro atoms. The Hall–Kier alpha value is -3.26. The third-order valence-corrected chi connectivity index (χ3v) is 6.73. The van der Waals surface area contributed by atoms with Crippen molar-refractivity contribution in [3.05, 3.63) is 70.6 Å². The lowest BCUT2D eigenvalue weighted by Gasteiger charge is -2.18. The maximum atomic E-state index is 12.8. The number of anilines is 1. The number of aromatic nitrogens is 2. The van der Waals surface area contributed by atoms with Crippen LogP contribution in [0, 0.1) is 0 Å². The summed E-state index contributed by atoms with van der Waals surface area (Å²) in [5.74, 6) is 0.406. The number of nitrogens with one attached hydrogen (secondary N) is 1. The van der Waals surface area contributed by atoms with E-state index < -0.39 is 0 Å². The second-order valence-corrected chi connectivity index (χ2v) is 8.97. The Morgan fingerprint density at radius 2 is 1.62 bits per heavy atom. The van der Waals surface area contributed by atoms with Gasteiger partial charge in [-0.25, -0.2) is 0 Å². The Bertz CT molecular complexity index is 1210. The summed E-state index contributed by atoms with van der Waals surface area (Å²) in [6, 6.07) is 11.5. The molecule has 162 valence electrons. The molecule has 5 rings (SSSR count). The summed E-state index contributed by atoms with van der Waals surface area (Å²) >= 11 is 1.18. The minimum atomic E-state index is -0.262. The molecule has 2 aliphatic carbocycles. The summed E-state index contributed by atoms with van der Waals surface area (Å²) in [4.78, 5) is 38.0. The summed E-state index contributed by atoms with van der Waals surface area (Å²) in [6.45, 7) is 0. The van der Waals surface area contributed by atoms with Gasteiger partial charge < -0.3 is 9.73 Å². The molecule has 32 heavy (non-hydrogen) atoms. The Morgan fingerprint density at radius 3 is 2.38 bits per heavy atom. The van der Waals surface area contributed by atoms with E-state index in [0.717, 1.165) is 12.8 Å². The molecule has 0 atom stereocenters. The van der Waals surface area contributed by atoms with E-state index in [1.165, 1.54) is 31.0 Å². The average molecular weight is 448 g/mol. The van der Waals surface area contributed by atoms with Crippen LogP contribution in [0.3, 0.4) is 0 Å². The number of benzene rings is 2. The molecule has 0 saturated heterocycles. The van der Waals surface area contributed by atoms with Crippen molar-refractivity contribution in [2.24, 2.45) is 0 Å². The first kappa shape index (κ1) is 20.6. The second-order valence-electron chi connectivity index (χ2n) is 8.04.